The van der Waals surface area contributed by atoms with E-state index in [1.807, 2.05) is 27.7 Å². The van der Waals surface area contributed by atoms with Crippen LogP contribution in [0.4, 0.5) is 70.2 Å². The summed E-state index contributed by atoms with van der Waals surface area (Å²) in [6.07, 6.45) is -21.1. The average molecular weight is 1410 g/mol. The average Bonchev–Trinajstić information content (AvgIpc) is 1.92. The largest absolute Gasteiger partial charge is 0.573 e. The molecule has 0 bridgehead atoms. The number of nitrogens with zero attached hydrogens (tertiary/aromatic N) is 4. The van der Waals surface area contributed by atoms with Crippen LogP contribution in [0.5, 0.6) is 11.5 Å². The van der Waals surface area contributed by atoms with E-state index in [1.165, 1.54) is 24.3 Å². The number of carbonyl (C=O) groups excluding carboxylic acids is 1. The first-order chi connectivity index (χ1) is 40.9. The van der Waals surface area contributed by atoms with Gasteiger partial charge in [-0.15, -0.1) is 38.1 Å². The summed E-state index contributed by atoms with van der Waals surface area (Å²) in [6, 6.07) is 19.9. The second-order valence-electron chi connectivity index (χ2n) is 21.0. The molecule has 0 aliphatic carbocycles. The van der Waals surface area contributed by atoms with Gasteiger partial charge in [-0.1, -0.05) is 60.3 Å². The summed E-state index contributed by atoms with van der Waals surface area (Å²) in [5.74, 6) is -7.14. The van der Waals surface area contributed by atoms with E-state index in [1.54, 1.807) is 52.9 Å². The highest BCUT2D eigenvalue weighted by atomic mass is 127. The number of rotatable bonds is 11. The molecule has 10 rings (SSSR count). The highest BCUT2D eigenvalue weighted by Crippen LogP contribution is 2.54. The molecule has 12 nitrogen and oxygen atoms in total. The minimum Gasteiger partial charge on any atom is -0.404 e. The van der Waals surface area contributed by atoms with Crippen LogP contribution in [0, 0.1) is 23.5 Å². The number of fused-ring (bicyclic) bond motifs is 2. The van der Waals surface area contributed by atoms with E-state index in [4.69, 9.17) is 24.5 Å². The minimum absolute atomic E-state index is 0.0218. The van der Waals surface area contributed by atoms with E-state index < -0.39 is 127 Å². The van der Waals surface area contributed by atoms with Crippen molar-refractivity contribution in [2.75, 3.05) is 24.7 Å². The van der Waals surface area contributed by atoms with Gasteiger partial charge >= 0.3 is 32.2 Å². The zero-order chi connectivity index (χ0) is 64.6. The molecule has 0 unspecified atom stereocenters. The van der Waals surface area contributed by atoms with Crippen molar-refractivity contribution in [1.82, 2.24) is 9.97 Å². The van der Waals surface area contributed by atoms with Gasteiger partial charge in [0.25, 0.3) is 0 Å². The Morgan fingerprint density at radius 2 is 1.16 bits per heavy atom. The Labute approximate surface area is 513 Å². The van der Waals surface area contributed by atoms with Crippen molar-refractivity contribution in [1.29, 1.82) is 0 Å². The molecule has 2 aromatic heterocycles. The highest BCUT2D eigenvalue weighted by molar-refractivity contribution is 14.1. The molecule has 6 atom stereocenters. The lowest BCUT2D eigenvalue weighted by atomic mass is 9.73. The summed E-state index contributed by atoms with van der Waals surface area (Å²) in [5.41, 5.74) is 1.35. The Morgan fingerprint density at radius 3 is 1.65 bits per heavy atom. The molecule has 0 amide bonds. The van der Waals surface area contributed by atoms with Crippen LogP contribution in [0.3, 0.4) is 0 Å². The summed E-state index contributed by atoms with van der Waals surface area (Å²) in [4.78, 5) is 28.7. The van der Waals surface area contributed by atoms with E-state index in [9.17, 15) is 70.7 Å². The molecule has 3 saturated heterocycles. The number of alkyl halides is 12. The smallest absolute Gasteiger partial charge is 0.404 e. The van der Waals surface area contributed by atoms with Crippen LogP contribution in [0.25, 0.3) is 17.7 Å². The second kappa shape index (κ2) is 26.1. The van der Waals surface area contributed by atoms with Gasteiger partial charge in [0.2, 0.25) is 0 Å². The molecule has 88 heavy (non-hydrogen) atoms. The van der Waals surface area contributed by atoms with Gasteiger partial charge in [-0.05, 0) is 110 Å². The number of ketones is 1. The number of thioether (sulfide) groups is 2. The number of Topliss-reactive ketones (excluding diaryl/α,β-unsaturated/α-hetero) is 1. The van der Waals surface area contributed by atoms with E-state index >= 15 is 4.39 Å². The molecule has 0 radical (unpaired) electrons. The van der Waals surface area contributed by atoms with Crippen LogP contribution in [0.15, 0.2) is 117 Å². The normalized spacial score (nSPS) is 24.4. The Morgan fingerprint density at radius 1 is 0.670 bits per heavy atom. The van der Waals surface area contributed by atoms with Gasteiger partial charge in [-0.3, -0.25) is 9.79 Å². The number of nitrogens with two attached hydrogens (primary N) is 1. The first kappa shape index (κ1) is 68.0. The maximum Gasteiger partial charge on any atom is 0.573 e. The first-order valence-corrected chi connectivity index (χ1v) is 29.0. The van der Waals surface area contributed by atoms with Crippen LogP contribution in [-0.2, 0) is 29.9 Å². The van der Waals surface area contributed by atoms with Crippen molar-refractivity contribution >= 4 is 92.4 Å². The van der Waals surface area contributed by atoms with E-state index in [0.717, 1.165) is 76.3 Å². The van der Waals surface area contributed by atoms with Crippen LogP contribution >= 0.6 is 46.1 Å². The van der Waals surface area contributed by atoms with Crippen molar-refractivity contribution in [3.05, 3.63) is 153 Å². The fraction of sp³-hybridized carbons (Fsp3) is 0.375. The van der Waals surface area contributed by atoms with Gasteiger partial charge in [0.15, 0.2) is 29.0 Å². The monoisotopic (exact) mass is 1410 g/mol. The van der Waals surface area contributed by atoms with Crippen LogP contribution in [0.2, 0.25) is 0 Å². The van der Waals surface area contributed by atoms with Gasteiger partial charge < -0.3 is 34.0 Å². The van der Waals surface area contributed by atoms with Crippen molar-refractivity contribution in [3.8, 4) is 11.5 Å². The minimum atomic E-state index is -4.95. The summed E-state index contributed by atoms with van der Waals surface area (Å²) < 4.78 is 243. The second-order valence-corrected chi connectivity index (χ2v) is 23.8. The molecular weight excluding hydrogens is 1360 g/mol. The topological polar surface area (TPSA) is 149 Å². The van der Waals surface area contributed by atoms with Crippen molar-refractivity contribution in [3.63, 3.8) is 0 Å². The number of amidine groups is 1. The summed E-state index contributed by atoms with van der Waals surface area (Å²) >= 11 is 3.64. The Bertz CT molecular complexity index is 3450. The standard InChI is InChI=1S/C27H28BF4NO4S.C21H15F8N3O2S.C8H4F4INO/c1-24(2)25(3,4)37-28(36-24)17-10-11-20(29)18(12-17)26-15-35-23(27(30,31)32)19(26)14-38-22(33-26)13-21(34)16-8-6-5-7-9-16;22-14-3-1-10(6-15(23)16-4-2-11(7-31-16)34-21(27,28)29)5-12(14)19-9-33-17(20(24,25)26)13(19)8-35-18(30)32-19;9-6(3-13)7-2-1-5(4-14-7)15-8(10,11)12/h5-12,19,23H,13-15H2,1-4H3;1-7,13,17H,8-9H2,(H2,30,32);1-4H/b;15-6-;6-3-/t19-,23+,26-;13-,17+,19-;/m11./s1. The van der Waals surface area contributed by atoms with Crippen molar-refractivity contribution in [2.24, 2.45) is 27.6 Å². The van der Waals surface area contributed by atoms with Gasteiger partial charge in [-0.2, -0.15) is 26.3 Å². The molecule has 5 aliphatic rings. The number of hydrogen-bond acceptors (Lipinski definition) is 14. The molecule has 472 valence electrons. The lowest BCUT2D eigenvalue weighted by Gasteiger charge is -2.37. The molecule has 32 heteroatoms. The van der Waals surface area contributed by atoms with Gasteiger partial charge in [-0.25, -0.2) is 32.5 Å². The first-order valence-electron chi connectivity index (χ1n) is 25.8. The summed E-state index contributed by atoms with van der Waals surface area (Å²) in [7, 11) is -0.837. The van der Waals surface area contributed by atoms with Gasteiger partial charge in [0.1, 0.15) is 40.0 Å². The van der Waals surface area contributed by atoms with Gasteiger partial charge in [0, 0.05) is 44.1 Å². The molecule has 0 spiro atoms. The predicted molar refractivity (Wildman–Crippen MR) is 304 cm³/mol. The highest BCUT2D eigenvalue weighted by Gasteiger charge is 2.64. The van der Waals surface area contributed by atoms with Crippen molar-refractivity contribution in [2.45, 2.75) is 93.7 Å². The number of ether oxygens (including phenoxy) is 4. The third-order valence-corrected chi connectivity index (χ3v) is 17.3. The Hall–Kier alpha value is -5.94. The zero-order valence-electron chi connectivity index (χ0n) is 45.9. The number of benzene rings is 3. The van der Waals surface area contributed by atoms with E-state index in [-0.39, 0.29) is 57.0 Å². The molecule has 5 aromatic rings. The third-order valence-electron chi connectivity index (χ3n) is 14.7. The number of halogens is 17. The van der Waals surface area contributed by atoms with Crippen LogP contribution < -0.4 is 20.7 Å². The van der Waals surface area contributed by atoms with Crippen LogP contribution in [0.1, 0.15) is 72.6 Å². The van der Waals surface area contributed by atoms with E-state index in [2.05, 4.69) is 29.4 Å². The summed E-state index contributed by atoms with van der Waals surface area (Å²) in [6.45, 7) is 6.47. The SMILES string of the molecule is CC1(C)OB(c2ccc(F)c([C@]34CO[C@H](C(F)(F)F)[C@H]3CSC(CC(=O)c3ccccc3)=N4)c2)OC1(C)C.F/C(=C\I)c1ccc(OC(F)(F)F)cn1.NC1=N[C@@]2(c3cc(/C=C(\F)c4ccc(OC(F)(F)F)cn4)ccc3F)CO[C@H](C(F)(F)F)[C@H]2CS1. The Balaban J connectivity index is 0.000000186. The molecule has 2 N–H and O–H groups in total. The predicted octanol–water partition coefficient (Wildman–Crippen LogP) is 14.4. The fourth-order valence-corrected chi connectivity index (χ4v) is 12.5. The van der Waals surface area contributed by atoms with Gasteiger partial charge in [0.05, 0.1) is 59.7 Å². The van der Waals surface area contributed by atoms with Crippen LogP contribution in [-0.4, -0.2) is 106 Å². The Kier molecular flexibility index (Phi) is 20.2. The molecule has 7 heterocycles. The lowest BCUT2D eigenvalue weighted by Crippen LogP contribution is -2.46. The lowest BCUT2D eigenvalue weighted by molar-refractivity contribution is -0.275. The number of carbonyl (C=O) groups is 1. The molecular formula is C56H47BF16IN5O7S2. The zero-order valence-corrected chi connectivity index (χ0v) is 49.6. The van der Waals surface area contributed by atoms with Crippen molar-refractivity contribution < 1.29 is 103 Å². The maximum absolute atomic E-state index is 15.5. The molecule has 5 aliphatic heterocycles. The molecule has 0 saturated carbocycles. The molecule has 3 aromatic carbocycles. The number of hydrogen-bond donors (Lipinski definition) is 1. The van der Waals surface area contributed by atoms with E-state index in [0.29, 0.717) is 22.3 Å². The number of aliphatic imine (C=N–C) groups is 2. The maximum atomic E-state index is 15.5. The quantitative estimate of drug-likeness (QED) is 0.0580. The molecule has 3 fully saturated rings. The number of pyridine rings is 2. The fourth-order valence-electron chi connectivity index (χ4n) is 9.85. The number of aromatic nitrogens is 2. The summed E-state index contributed by atoms with van der Waals surface area (Å²) in [5, 5.41) is 0.312. The third kappa shape index (κ3) is 15.6.